The molecule has 160 valence electrons. The van der Waals surface area contributed by atoms with Crippen LogP contribution in [0.5, 0.6) is 0 Å². The van der Waals surface area contributed by atoms with E-state index in [4.69, 9.17) is 4.98 Å². The number of hydrogen-bond donors (Lipinski definition) is 1. The lowest BCUT2D eigenvalue weighted by Crippen LogP contribution is -2.36. The van der Waals surface area contributed by atoms with E-state index in [2.05, 4.69) is 41.3 Å². The van der Waals surface area contributed by atoms with Crippen LogP contribution in [-0.4, -0.2) is 29.0 Å². The minimum Gasteiger partial charge on any atom is -0.356 e. The fourth-order valence-corrected chi connectivity index (χ4v) is 4.24. The Morgan fingerprint density at radius 2 is 1.84 bits per heavy atom. The van der Waals surface area contributed by atoms with Gasteiger partial charge >= 0.3 is 0 Å². The van der Waals surface area contributed by atoms with Crippen LogP contribution in [0.4, 0.5) is 5.82 Å². The van der Waals surface area contributed by atoms with Crippen molar-refractivity contribution < 1.29 is 4.79 Å². The molecule has 0 atom stereocenters. The summed E-state index contributed by atoms with van der Waals surface area (Å²) in [7, 11) is 2.06. The number of rotatable bonds is 6. The molecule has 1 aliphatic rings. The Morgan fingerprint density at radius 3 is 2.58 bits per heavy atom. The maximum absolute atomic E-state index is 13.1. The lowest BCUT2D eigenvalue weighted by molar-refractivity contribution is 0.0950. The number of amides is 1. The Labute approximate surface area is 184 Å². The van der Waals surface area contributed by atoms with E-state index in [9.17, 15) is 4.79 Å². The first-order chi connectivity index (χ1) is 15.1. The minimum atomic E-state index is -0.141. The predicted octanol–water partition coefficient (Wildman–Crippen LogP) is 5.15. The van der Waals surface area contributed by atoms with Crippen LogP contribution in [0.2, 0.25) is 0 Å². The molecular formula is C26H30N4O. The van der Waals surface area contributed by atoms with Crippen LogP contribution in [-0.2, 0) is 6.54 Å². The molecule has 0 radical (unpaired) electrons. The summed E-state index contributed by atoms with van der Waals surface area (Å²) in [5, 5.41) is 3.04. The Balaban J connectivity index is 1.64. The highest BCUT2D eigenvalue weighted by Gasteiger charge is 2.25. The van der Waals surface area contributed by atoms with E-state index < -0.39 is 0 Å². The molecule has 31 heavy (non-hydrogen) atoms. The van der Waals surface area contributed by atoms with Gasteiger partial charge in [-0.3, -0.25) is 4.79 Å². The van der Waals surface area contributed by atoms with Crippen LogP contribution >= 0.6 is 0 Å². The summed E-state index contributed by atoms with van der Waals surface area (Å²) in [6.45, 7) is 2.54. The van der Waals surface area contributed by atoms with Crippen LogP contribution < -0.4 is 10.2 Å². The highest BCUT2D eigenvalue weighted by molar-refractivity contribution is 5.98. The van der Waals surface area contributed by atoms with E-state index in [0.29, 0.717) is 29.8 Å². The molecular weight excluding hydrogens is 384 g/mol. The van der Waals surface area contributed by atoms with Gasteiger partial charge in [0.2, 0.25) is 0 Å². The first kappa shape index (κ1) is 21.0. The van der Waals surface area contributed by atoms with Gasteiger partial charge in [-0.2, -0.15) is 0 Å². The van der Waals surface area contributed by atoms with E-state index >= 15 is 0 Å². The summed E-state index contributed by atoms with van der Waals surface area (Å²) in [6.07, 6.45) is 7.67. The van der Waals surface area contributed by atoms with Gasteiger partial charge in [-0.25, -0.2) is 9.97 Å². The van der Waals surface area contributed by atoms with Gasteiger partial charge in [0.15, 0.2) is 5.82 Å². The van der Waals surface area contributed by atoms with Crippen LogP contribution in [0.25, 0.3) is 11.4 Å². The second-order valence-corrected chi connectivity index (χ2v) is 8.37. The molecule has 1 aliphatic carbocycles. The molecule has 1 fully saturated rings. The number of carbonyl (C=O) groups excluding carboxylic acids is 1. The molecule has 1 aromatic heterocycles. The zero-order valence-electron chi connectivity index (χ0n) is 18.3. The molecule has 1 heterocycles. The van der Waals surface area contributed by atoms with Crippen LogP contribution in [0.3, 0.4) is 0 Å². The molecule has 0 spiro atoms. The van der Waals surface area contributed by atoms with Gasteiger partial charge in [0.1, 0.15) is 11.4 Å². The summed E-state index contributed by atoms with van der Waals surface area (Å²) in [5.74, 6) is 1.22. The summed E-state index contributed by atoms with van der Waals surface area (Å²) in [5.41, 5.74) is 3.72. The predicted molar refractivity (Wildman–Crippen MR) is 125 cm³/mol. The van der Waals surface area contributed by atoms with Crippen molar-refractivity contribution in [1.82, 2.24) is 15.3 Å². The second kappa shape index (κ2) is 9.73. The van der Waals surface area contributed by atoms with Crippen molar-refractivity contribution in [2.75, 3.05) is 11.9 Å². The third kappa shape index (κ3) is 5.10. The van der Waals surface area contributed by atoms with Crippen molar-refractivity contribution in [2.24, 2.45) is 0 Å². The Morgan fingerprint density at radius 1 is 1.06 bits per heavy atom. The first-order valence-electron chi connectivity index (χ1n) is 11.1. The highest BCUT2D eigenvalue weighted by Crippen LogP contribution is 2.29. The molecule has 0 unspecified atom stereocenters. The smallest absolute Gasteiger partial charge is 0.256 e. The summed E-state index contributed by atoms with van der Waals surface area (Å²) in [6, 6.07) is 18.5. The molecule has 1 amide bonds. The fourth-order valence-electron chi connectivity index (χ4n) is 4.24. The van der Waals surface area contributed by atoms with Gasteiger partial charge in [-0.15, -0.1) is 0 Å². The summed E-state index contributed by atoms with van der Waals surface area (Å²) in [4.78, 5) is 24.7. The molecule has 1 saturated carbocycles. The normalized spacial score (nSPS) is 14.3. The number of nitrogens with zero attached hydrogens (tertiary/aromatic N) is 3. The number of nitrogens with one attached hydrogen (secondary N) is 1. The Hall–Kier alpha value is -3.21. The van der Waals surface area contributed by atoms with Crippen LogP contribution in [0.15, 0.2) is 60.8 Å². The zero-order valence-corrected chi connectivity index (χ0v) is 18.3. The molecule has 4 rings (SSSR count). The van der Waals surface area contributed by atoms with Gasteiger partial charge in [0.05, 0.1) is 0 Å². The zero-order chi connectivity index (χ0) is 21.6. The Bertz CT molecular complexity index is 1030. The van der Waals surface area contributed by atoms with E-state index in [-0.39, 0.29) is 5.91 Å². The van der Waals surface area contributed by atoms with Gasteiger partial charge < -0.3 is 10.2 Å². The molecule has 5 nitrogen and oxygen atoms in total. The average Bonchev–Trinajstić information content (AvgIpc) is 2.83. The molecule has 0 bridgehead atoms. The van der Waals surface area contributed by atoms with Gasteiger partial charge in [-0.05, 0) is 31.4 Å². The maximum Gasteiger partial charge on any atom is 0.256 e. The van der Waals surface area contributed by atoms with Crippen molar-refractivity contribution in [3.8, 4) is 11.4 Å². The quantitative estimate of drug-likeness (QED) is 0.606. The first-order valence-corrected chi connectivity index (χ1v) is 11.1. The van der Waals surface area contributed by atoms with E-state index in [1.165, 1.54) is 19.3 Å². The SMILES string of the molecule is Cc1cccc(-c2ncc(C(=O)NCc3ccccc3)c(N(C)C3CCCCC3)n2)c1. The van der Waals surface area contributed by atoms with Crippen LogP contribution in [0.1, 0.15) is 53.6 Å². The van der Waals surface area contributed by atoms with Gasteiger partial charge in [0.25, 0.3) is 5.91 Å². The topological polar surface area (TPSA) is 58.1 Å². The lowest BCUT2D eigenvalue weighted by atomic mass is 9.94. The monoisotopic (exact) mass is 414 g/mol. The average molecular weight is 415 g/mol. The number of carbonyl (C=O) groups is 1. The third-order valence-corrected chi connectivity index (χ3v) is 6.04. The summed E-state index contributed by atoms with van der Waals surface area (Å²) < 4.78 is 0. The third-order valence-electron chi connectivity index (χ3n) is 6.04. The molecule has 3 aromatic rings. The van der Waals surface area contributed by atoms with Crippen molar-refractivity contribution in [2.45, 2.75) is 51.6 Å². The standard InChI is InChI=1S/C26H30N4O/c1-19-10-9-13-21(16-19)24-27-18-23(26(31)28-17-20-11-5-3-6-12-20)25(29-24)30(2)22-14-7-4-8-15-22/h3,5-6,9-13,16,18,22H,4,7-8,14-15,17H2,1-2H3,(H,28,31). The van der Waals surface area contributed by atoms with Crippen molar-refractivity contribution in [3.63, 3.8) is 0 Å². The van der Waals surface area contributed by atoms with E-state index in [1.54, 1.807) is 6.20 Å². The number of aryl methyl sites for hydroxylation is 1. The highest BCUT2D eigenvalue weighted by atomic mass is 16.1. The molecule has 2 aromatic carbocycles. The fraction of sp³-hybridized carbons (Fsp3) is 0.346. The number of anilines is 1. The molecule has 1 N–H and O–H groups in total. The molecule has 5 heteroatoms. The minimum absolute atomic E-state index is 0.141. The second-order valence-electron chi connectivity index (χ2n) is 8.37. The number of aromatic nitrogens is 2. The molecule has 0 saturated heterocycles. The van der Waals surface area contributed by atoms with E-state index in [0.717, 1.165) is 29.5 Å². The van der Waals surface area contributed by atoms with Crippen molar-refractivity contribution in [3.05, 3.63) is 77.5 Å². The maximum atomic E-state index is 13.1. The summed E-state index contributed by atoms with van der Waals surface area (Å²) >= 11 is 0. The number of benzene rings is 2. The van der Waals surface area contributed by atoms with Gasteiger partial charge in [0, 0.05) is 31.4 Å². The van der Waals surface area contributed by atoms with Gasteiger partial charge in [-0.1, -0.05) is 73.4 Å². The number of hydrogen-bond acceptors (Lipinski definition) is 4. The van der Waals surface area contributed by atoms with Crippen molar-refractivity contribution in [1.29, 1.82) is 0 Å². The van der Waals surface area contributed by atoms with E-state index in [1.807, 2.05) is 42.5 Å². The van der Waals surface area contributed by atoms with Crippen molar-refractivity contribution >= 4 is 11.7 Å². The Kier molecular flexibility index (Phi) is 6.60. The largest absolute Gasteiger partial charge is 0.356 e. The molecule has 0 aliphatic heterocycles. The van der Waals surface area contributed by atoms with Crippen LogP contribution in [0, 0.1) is 6.92 Å². The lowest BCUT2D eigenvalue weighted by Gasteiger charge is -2.33.